The molecule has 0 aromatic rings. The fourth-order valence-corrected chi connectivity index (χ4v) is 2.06. The van der Waals surface area contributed by atoms with E-state index in [-0.39, 0.29) is 19.8 Å². The second-order valence-corrected chi connectivity index (χ2v) is 9.22. The number of carbonyl (C=O) groups excluding carboxylic acids is 4. The highest BCUT2D eigenvalue weighted by atomic mass is 19.4. The molecule has 0 radical (unpaired) electrons. The van der Waals surface area contributed by atoms with Crippen LogP contribution in [-0.4, -0.2) is 120 Å². The van der Waals surface area contributed by atoms with Crippen molar-refractivity contribution in [3.05, 3.63) is 0 Å². The number of alkyl halides is 12. The number of methoxy groups -OCH3 is 1. The number of hydrogen-bond acceptors (Lipinski definition) is 12. The van der Waals surface area contributed by atoms with Gasteiger partial charge >= 0.3 is 48.6 Å². The van der Waals surface area contributed by atoms with Gasteiger partial charge in [0.25, 0.3) is 0 Å². The molecule has 24 heteroatoms. The second kappa shape index (κ2) is 26.7. The molecule has 0 saturated carbocycles. The van der Waals surface area contributed by atoms with Gasteiger partial charge in [-0.3, -0.25) is 19.2 Å². The lowest BCUT2D eigenvalue weighted by Crippen LogP contribution is -2.31. The summed E-state index contributed by atoms with van der Waals surface area (Å²) >= 11 is 0. The van der Waals surface area contributed by atoms with Gasteiger partial charge in [0.15, 0.2) is 24.4 Å². The van der Waals surface area contributed by atoms with E-state index < -0.39 is 98.7 Å². The number of unbranched alkanes of at least 4 members (excludes halogenated alkanes) is 1. The molecule has 0 aliphatic carbocycles. The van der Waals surface area contributed by atoms with Gasteiger partial charge in [0.1, 0.15) is 0 Å². The number of esters is 4. The van der Waals surface area contributed by atoms with Crippen molar-refractivity contribution < 1.29 is 111 Å². The Morgan fingerprint density at radius 1 is 0.480 bits per heavy atom. The number of hydrogen-bond donors (Lipinski definition) is 4. The molecule has 0 aliphatic heterocycles. The Bertz CT molecular complexity index is 939. The van der Waals surface area contributed by atoms with Crippen LogP contribution >= 0.6 is 0 Å². The Morgan fingerprint density at radius 2 is 0.760 bits per heavy atom. The van der Waals surface area contributed by atoms with E-state index in [9.17, 15) is 71.9 Å². The molecule has 0 aliphatic rings. The predicted molar refractivity (Wildman–Crippen MR) is 142 cm³/mol. The SMILES string of the molecule is CCCCOC(=O)CC(O)C(F)(F)F.CCCOC(=O)CC(O)C(F)(F)F.CCOC(=O)CC(O)C(F)(F)F.COC(=O)CC(O)C(F)(F)F. The molecule has 0 heterocycles. The van der Waals surface area contributed by atoms with Gasteiger partial charge in [-0.15, -0.1) is 0 Å². The predicted octanol–water partition coefficient (Wildman–Crippen LogP) is 4.23. The molecule has 0 aromatic carbocycles. The first kappa shape index (κ1) is 53.7. The fourth-order valence-electron chi connectivity index (χ4n) is 2.06. The average Bonchev–Trinajstić information content (AvgIpc) is 2.95. The highest BCUT2D eigenvalue weighted by Crippen LogP contribution is 2.24. The van der Waals surface area contributed by atoms with Gasteiger partial charge in [0, 0.05) is 0 Å². The van der Waals surface area contributed by atoms with Crippen molar-refractivity contribution in [2.24, 2.45) is 0 Å². The molecule has 50 heavy (non-hydrogen) atoms. The maximum absolute atomic E-state index is 11.7. The van der Waals surface area contributed by atoms with E-state index >= 15 is 0 Å². The number of aliphatic hydroxyl groups excluding tert-OH is 4. The van der Waals surface area contributed by atoms with Crippen LogP contribution in [0.2, 0.25) is 0 Å². The highest BCUT2D eigenvalue weighted by molar-refractivity contribution is 5.71. The number of carbonyl (C=O) groups is 4. The van der Waals surface area contributed by atoms with Crippen molar-refractivity contribution in [1.29, 1.82) is 0 Å². The molecule has 12 nitrogen and oxygen atoms in total. The lowest BCUT2D eigenvalue weighted by molar-refractivity contribution is -0.209. The summed E-state index contributed by atoms with van der Waals surface area (Å²) < 4.78 is 156. The molecule has 0 aromatic heterocycles. The molecule has 0 amide bonds. The van der Waals surface area contributed by atoms with Crippen molar-refractivity contribution in [3.8, 4) is 0 Å². The zero-order valence-electron chi connectivity index (χ0n) is 27.0. The zero-order chi connectivity index (χ0) is 40.5. The lowest BCUT2D eigenvalue weighted by Gasteiger charge is -2.13. The van der Waals surface area contributed by atoms with Gasteiger partial charge in [0.2, 0.25) is 0 Å². The summed E-state index contributed by atoms with van der Waals surface area (Å²) in [6, 6.07) is 0. The van der Waals surface area contributed by atoms with Crippen LogP contribution in [0.15, 0.2) is 0 Å². The van der Waals surface area contributed by atoms with Gasteiger partial charge < -0.3 is 39.4 Å². The minimum atomic E-state index is -4.76. The van der Waals surface area contributed by atoms with Crippen LogP contribution in [0.25, 0.3) is 0 Å². The number of aliphatic hydroxyl groups is 4. The third-order valence-corrected chi connectivity index (χ3v) is 4.71. The first-order valence-electron chi connectivity index (χ1n) is 14.0. The van der Waals surface area contributed by atoms with E-state index in [1.807, 2.05) is 6.92 Å². The molecule has 0 rings (SSSR count). The quantitative estimate of drug-likeness (QED) is 0.0854. The molecule has 0 spiro atoms. The first-order valence-corrected chi connectivity index (χ1v) is 14.0. The maximum atomic E-state index is 11.7. The van der Waals surface area contributed by atoms with Crippen LogP contribution in [0.1, 0.15) is 65.7 Å². The summed E-state index contributed by atoms with van der Waals surface area (Å²) in [5, 5.41) is 33.5. The summed E-state index contributed by atoms with van der Waals surface area (Å²) in [5.41, 5.74) is 0. The Hall–Kier alpha value is -3.12. The summed E-state index contributed by atoms with van der Waals surface area (Å²) in [7, 11) is 0.950. The van der Waals surface area contributed by atoms with Gasteiger partial charge in [0.05, 0.1) is 52.6 Å². The topological polar surface area (TPSA) is 186 Å². The molecular weight excluding hydrogens is 732 g/mol. The van der Waals surface area contributed by atoms with Crippen molar-refractivity contribution in [2.45, 2.75) is 115 Å². The summed E-state index contributed by atoms with van der Waals surface area (Å²) in [6.45, 7) is 5.22. The monoisotopic (exact) mass is 772 g/mol. The Morgan fingerprint density at radius 3 is 1.00 bits per heavy atom. The van der Waals surface area contributed by atoms with Crippen LogP contribution in [0.3, 0.4) is 0 Å². The Labute approximate surface area is 277 Å². The highest BCUT2D eigenvalue weighted by Gasteiger charge is 2.42. The van der Waals surface area contributed by atoms with E-state index in [0.29, 0.717) is 12.8 Å². The summed E-state index contributed by atoms with van der Waals surface area (Å²) in [5.74, 6) is -4.20. The van der Waals surface area contributed by atoms with Crippen LogP contribution in [0.5, 0.6) is 0 Å². The standard InChI is InChI=1S/C8H13F3O3.C7H11F3O3.C6H9F3O3.C5H7F3O3/c1-2-3-4-14-7(13)5-6(12)8(9,10)11;1-2-3-13-6(12)4-5(11)7(8,9)10;1-2-12-5(11)3-4(10)6(7,8)9;1-11-4(10)2-3(9)5(6,7)8/h6,12H,2-5H2,1H3;5,11H,2-4H2,1H3;4,10H,2-3H2,1H3;3,9H,2H2,1H3. The fraction of sp³-hybridized carbons (Fsp3) is 0.846. The molecule has 4 atom stereocenters. The average molecular weight is 773 g/mol. The third kappa shape index (κ3) is 33.4. The third-order valence-electron chi connectivity index (χ3n) is 4.71. The molecule has 4 unspecified atom stereocenters. The van der Waals surface area contributed by atoms with Gasteiger partial charge in [-0.05, 0) is 19.8 Å². The van der Waals surface area contributed by atoms with Crippen molar-refractivity contribution in [3.63, 3.8) is 0 Å². The van der Waals surface area contributed by atoms with E-state index in [4.69, 9.17) is 20.4 Å². The number of ether oxygens (including phenoxy) is 4. The van der Waals surface area contributed by atoms with Gasteiger partial charge in [-0.2, -0.15) is 52.7 Å². The van der Waals surface area contributed by atoms with Crippen LogP contribution in [0, 0.1) is 0 Å². The Balaban J connectivity index is -0.000000283. The van der Waals surface area contributed by atoms with Crippen LogP contribution in [-0.2, 0) is 38.1 Å². The van der Waals surface area contributed by atoms with Gasteiger partial charge in [-0.25, -0.2) is 0 Å². The minimum Gasteiger partial charge on any atom is -0.469 e. The van der Waals surface area contributed by atoms with Crippen molar-refractivity contribution in [2.75, 3.05) is 26.9 Å². The molecular formula is C26H40F12O12. The molecule has 300 valence electrons. The van der Waals surface area contributed by atoms with E-state index in [1.54, 1.807) is 6.92 Å². The number of rotatable bonds is 14. The minimum absolute atomic E-state index is 0.00338. The summed E-state index contributed by atoms with van der Waals surface area (Å²) in [4.78, 5) is 41.9. The molecule has 4 N–H and O–H groups in total. The number of halogens is 12. The molecule has 0 saturated heterocycles. The van der Waals surface area contributed by atoms with Crippen LogP contribution in [0.4, 0.5) is 52.7 Å². The van der Waals surface area contributed by atoms with Gasteiger partial charge in [-0.1, -0.05) is 20.3 Å². The molecule has 0 fully saturated rings. The van der Waals surface area contributed by atoms with E-state index in [1.165, 1.54) is 6.92 Å². The van der Waals surface area contributed by atoms with Crippen molar-refractivity contribution >= 4 is 23.9 Å². The first-order chi connectivity index (χ1) is 22.5. The van der Waals surface area contributed by atoms with E-state index in [2.05, 4.69) is 18.9 Å². The maximum Gasteiger partial charge on any atom is 0.414 e. The van der Waals surface area contributed by atoms with Crippen molar-refractivity contribution in [1.82, 2.24) is 0 Å². The zero-order valence-corrected chi connectivity index (χ0v) is 27.0. The van der Waals surface area contributed by atoms with Crippen LogP contribution < -0.4 is 0 Å². The lowest BCUT2D eigenvalue weighted by atomic mass is 10.2. The summed E-state index contributed by atoms with van der Waals surface area (Å²) in [6.07, 6.45) is -31.8. The smallest absolute Gasteiger partial charge is 0.414 e. The normalized spacial score (nSPS) is 14.0. The van der Waals surface area contributed by atoms with E-state index in [0.717, 1.165) is 13.5 Å². The molecule has 0 bridgehead atoms. The largest absolute Gasteiger partial charge is 0.469 e. The Kier molecular flexibility index (Phi) is 28.6. The second-order valence-electron chi connectivity index (χ2n) is 9.22.